The van der Waals surface area contributed by atoms with E-state index in [4.69, 9.17) is 9.97 Å². The lowest BCUT2D eigenvalue weighted by molar-refractivity contribution is 1.17. The van der Waals surface area contributed by atoms with Crippen molar-refractivity contribution in [2.24, 2.45) is 0 Å². The number of nitrogens with zero attached hydrogens (tertiary/aromatic N) is 5. The molecule has 10 rings (SSSR count). The van der Waals surface area contributed by atoms with E-state index < -0.39 is 0 Å². The second kappa shape index (κ2) is 8.30. The molecule has 0 bridgehead atoms. The third-order valence-electron chi connectivity index (χ3n) is 8.92. The van der Waals surface area contributed by atoms with Crippen LogP contribution in [-0.2, 0) is 0 Å². The fraction of sp³-hybridized carbons (Fsp3) is 0. The lowest BCUT2D eigenvalue weighted by Crippen LogP contribution is -1.95. The molecule has 0 radical (unpaired) electrons. The van der Waals surface area contributed by atoms with Gasteiger partial charge in [-0.25, -0.2) is 4.98 Å². The van der Waals surface area contributed by atoms with Gasteiger partial charge in [0.1, 0.15) is 5.52 Å². The van der Waals surface area contributed by atoms with Gasteiger partial charge in [0.15, 0.2) is 5.65 Å². The summed E-state index contributed by atoms with van der Waals surface area (Å²) in [6, 6.07) is 43.6. The molecule has 0 N–H and O–H groups in total. The first-order chi connectivity index (χ1) is 21.4. The Labute approximate surface area is 245 Å². The van der Waals surface area contributed by atoms with Crippen molar-refractivity contribution >= 4 is 71.1 Å². The molecule has 10 aromatic rings. The van der Waals surface area contributed by atoms with Crippen molar-refractivity contribution in [2.45, 2.75) is 0 Å². The third kappa shape index (κ3) is 2.95. The SMILES string of the molecule is c1ccc(-n2c3cc4c5cccnc5c5nccn5c4cc3c3c2ccc2c4ccccc4n(-c4ccccc4)c23)cc1. The zero-order valence-electron chi connectivity index (χ0n) is 23.0. The number of rotatable bonds is 2. The molecule has 0 saturated carbocycles. The van der Waals surface area contributed by atoms with Crippen molar-refractivity contribution in [3.63, 3.8) is 0 Å². The smallest absolute Gasteiger partial charge is 0.163 e. The van der Waals surface area contributed by atoms with Crippen LogP contribution < -0.4 is 0 Å². The van der Waals surface area contributed by atoms with Gasteiger partial charge in [-0.3, -0.25) is 9.38 Å². The highest BCUT2D eigenvalue weighted by Gasteiger charge is 2.22. The normalized spacial score (nSPS) is 12.2. The molecular formula is C38H23N5. The quantitative estimate of drug-likeness (QED) is 0.202. The Balaban J connectivity index is 1.51. The van der Waals surface area contributed by atoms with Crippen molar-refractivity contribution in [3.8, 4) is 11.4 Å². The number of fused-ring (bicyclic) bond motifs is 13. The Bertz CT molecular complexity index is 2710. The van der Waals surface area contributed by atoms with Crippen molar-refractivity contribution in [1.82, 2.24) is 23.5 Å². The first-order valence-corrected chi connectivity index (χ1v) is 14.5. The van der Waals surface area contributed by atoms with Gasteiger partial charge in [0, 0.05) is 62.3 Å². The molecule has 5 heterocycles. The predicted octanol–water partition coefficient (Wildman–Crippen LogP) is 9.23. The van der Waals surface area contributed by atoms with Gasteiger partial charge in [0.05, 0.1) is 27.6 Å². The molecule has 5 aromatic heterocycles. The number of imidazole rings is 1. The minimum Gasteiger partial charge on any atom is -0.309 e. The number of hydrogen-bond acceptors (Lipinski definition) is 2. The maximum absolute atomic E-state index is 4.75. The summed E-state index contributed by atoms with van der Waals surface area (Å²) in [6.07, 6.45) is 5.76. The van der Waals surface area contributed by atoms with Crippen LogP contribution in [0.25, 0.3) is 82.4 Å². The Morgan fingerprint density at radius 3 is 2.00 bits per heavy atom. The highest BCUT2D eigenvalue weighted by molar-refractivity contribution is 6.28. The molecule has 5 aromatic carbocycles. The maximum Gasteiger partial charge on any atom is 0.163 e. The van der Waals surface area contributed by atoms with Gasteiger partial charge in [0.2, 0.25) is 0 Å². The molecule has 5 heteroatoms. The van der Waals surface area contributed by atoms with Gasteiger partial charge in [-0.2, -0.15) is 0 Å². The standard InChI is InChI=1S/C38H23N5/c1-3-10-24(11-4-1)42-32-18-17-28-26-14-7-8-16-31(26)43(25-12-5-2-6-13-25)37(28)35(32)30-23-33-29(22-34(30)42)27-15-9-19-39-36(27)38-40-20-21-41(33)38/h1-23H. The summed E-state index contributed by atoms with van der Waals surface area (Å²) >= 11 is 0. The molecule has 0 aliphatic heterocycles. The van der Waals surface area contributed by atoms with Crippen molar-refractivity contribution in [2.75, 3.05) is 0 Å². The van der Waals surface area contributed by atoms with Crippen molar-refractivity contribution in [3.05, 3.63) is 140 Å². The van der Waals surface area contributed by atoms with E-state index in [1.807, 2.05) is 24.7 Å². The first kappa shape index (κ1) is 22.7. The summed E-state index contributed by atoms with van der Waals surface area (Å²) in [5.41, 5.74) is 9.94. The van der Waals surface area contributed by atoms with Gasteiger partial charge >= 0.3 is 0 Å². The van der Waals surface area contributed by atoms with Crippen LogP contribution in [0.2, 0.25) is 0 Å². The molecule has 0 amide bonds. The molecular weight excluding hydrogens is 526 g/mol. The van der Waals surface area contributed by atoms with Crippen LogP contribution in [0.15, 0.2) is 140 Å². The lowest BCUT2D eigenvalue weighted by atomic mass is 10.0. The predicted molar refractivity (Wildman–Crippen MR) is 177 cm³/mol. The van der Waals surface area contributed by atoms with Crippen LogP contribution in [0.3, 0.4) is 0 Å². The second-order valence-electron chi connectivity index (χ2n) is 11.1. The Morgan fingerprint density at radius 2 is 1.16 bits per heavy atom. The average Bonchev–Trinajstić information content (AvgIpc) is 3.78. The second-order valence-corrected chi connectivity index (χ2v) is 11.1. The molecule has 0 aliphatic rings. The minimum absolute atomic E-state index is 0.873. The maximum atomic E-state index is 4.75. The van der Waals surface area contributed by atoms with Crippen LogP contribution in [-0.4, -0.2) is 23.5 Å². The molecule has 43 heavy (non-hydrogen) atoms. The van der Waals surface area contributed by atoms with E-state index in [2.05, 4.69) is 129 Å². The van der Waals surface area contributed by atoms with Crippen LogP contribution in [0, 0.1) is 0 Å². The fourth-order valence-corrected chi connectivity index (χ4v) is 7.18. The van der Waals surface area contributed by atoms with E-state index in [0.29, 0.717) is 0 Å². The molecule has 0 atom stereocenters. The summed E-state index contributed by atoms with van der Waals surface area (Å²) in [7, 11) is 0. The van der Waals surface area contributed by atoms with Crippen LogP contribution >= 0.6 is 0 Å². The van der Waals surface area contributed by atoms with Gasteiger partial charge in [0.25, 0.3) is 0 Å². The van der Waals surface area contributed by atoms with Gasteiger partial charge in [-0.1, -0.05) is 66.7 Å². The van der Waals surface area contributed by atoms with E-state index in [1.54, 1.807) is 0 Å². The molecule has 5 nitrogen and oxygen atoms in total. The van der Waals surface area contributed by atoms with E-state index >= 15 is 0 Å². The summed E-state index contributed by atoms with van der Waals surface area (Å²) in [6.45, 7) is 0. The number of para-hydroxylation sites is 3. The first-order valence-electron chi connectivity index (χ1n) is 14.5. The van der Waals surface area contributed by atoms with Crippen LogP contribution in [0.1, 0.15) is 0 Å². The zero-order valence-corrected chi connectivity index (χ0v) is 23.0. The summed E-state index contributed by atoms with van der Waals surface area (Å²) < 4.78 is 7.03. The van der Waals surface area contributed by atoms with E-state index in [0.717, 1.165) is 44.3 Å². The largest absolute Gasteiger partial charge is 0.309 e. The molecule has 0 spiro atoms. The topological polar surface area (TPSA) is 40.1 Å². The van der Waals surface area contributed by atoms with E-state index in [9.17, 15) is 0 Å². The average molecular weight is 550 g/mol. The molecule has 0 saturated heterocycles. The summed E-state index contributed by atoms with van der Waals surface area (Å²) in [5, 5.41) is 7.19. The summed E-state index contributed by atoms with van der Waals surface area (Å²) in [4.78, 5) is 9.47. The van der Waals surface area contributed by atoms with Gasteiger partial charge < -0.3 is 9.13 Å². The van der Waals surface area contributed by atoms with E-state index in [1.165, 1.54) is 38.1 Å². The van der Waals surface area contributed by atoms with Gasteiger partial charge in [-0.05, 0) is 54.6 Å². The monoisotopic (exact) mass is 549 g/mol. The number of aromatic nitrogens is 5. The summed E-state index contributed by atoms with van der Waals surface area (Å²) in [5.74, 6) is 0. The Kier molecular flexibility index (Phi) is 4.39. The zero-order chi connectivity index (χ0) is 28.1. The molecule has 0 unspecified atom stereocenters. The fourth-order valence-electron chi connectivity index (χ4n) is 7.18. The lowest BCUT2D eigenvalue weighted by Gasteiger charge is -2.10. The van der Waals surface area contributed by atoms with Crippen LogP contribution in [0.5, 0.6) is 0 Å². The molecule has 0 aliphatic carbocycles. The Morgan fingerprint density at radius 1 is 0.442 bits per heavy atom. The van der Waals surface area contributed by atoms with Crippen molar-refractivity contribution < 1.29 is 0 Å². The third-order valence-corrected chi connectivity index (χ3v) is 8.92. The number of hydrogen-bond donors (Lipinski definition) is 0. The minimum atomic E-state index is 0.873. The Hall–Kier alpha value is -5.94. The molecule has 200 valence electrons. The highest BCUT2D eigenvalue weighted by Crippen LogP contribution is 2.43. The molecule has 0 fully saturated rings. The highest BCUT2D eigenvalue weighted by atomic mass is 15.0. The van der Waals surface area contributed by atoms with Crippen LogP contribution in [0.4, 0.5) is 0 Å². The van der Waals surface area contributed by atoms with E-state index in [-0.39, 0.29) is 0 Å². The number of pyridine rings is 2. The van der Waals surface area contributed by atoms with Crippen molar-refractivity contribution in [1.29, 1.82) is 0 Å². The van der Waals surface area contributed by atoms with Gasteiger partial charge in [-0.15, -0.1) is 0 Å². The number of benzene rings is 5.